The molecule has 2 saturated carbocycles. The van der Waals surface area contributed by atoms with E-state index in [4.69, 9.17) is 9.47 Å². The lowest BCUT2D eigenvalue weighted by Crippen LogP contribution is -2.40. The summed E-state index contributed by atoms with van der Waals surface area (Å²) in [4.78, 5) is 0. The minimum Gasteiger partial charge on any atom is -0.376 e. The molecule has 0 N–H and O–H groups in total. The summed E-state index contributed by atoms with van der Waals surface area (Å²) in [7, 11) is 0. The normalized spacial score (nSPS) is 40.0. The molecule has 2 nitrogen and oxygen atoms in total. The summed E-state index contributed by atoms with van der Waals surface area (Å²) in [6.45, 7) is 2.47. The van der Waals surface area contributed by atoms with Gasteiger partial charge >= 0.3 is 0 Å². The minimum absolute atomic E-state index is 0.416. The van der Waals surface area contributed by atoms with Gasteiger partial charge in [-0.15, -0.1) is 0 Å². The van der Waals surface area contributed by atoms with Crippen LogP contribution in [0.15, 0.2) is 0 Å². The van der Waals surface area contributed by atoms with Gasteiger partial charge in [-0.05, 0) is 37.0 Å². The maximum absolute atomic E-state index is 5.92. The van der Waals surface area contributed by atoms with E-state index in [-0.39, 0.29) is 0 Å². The van der Waals surface area contributed by atoms with Crippen LogP contribution in [0.1, 0.15) is 44.9 Å². The van der Waals surface area contributed by atoms with Crippen LogP contribution < -0.4 is 0 Å². The van der Waals surface area contributed by atoms with E-state index in [1.807, 2.05) is 0 Å². The Morgan fingerprint density at radius 1 is 0.933 bits per heavy atom. The van der Waals surface area contributed by atoms with Gasteiger partial charge in [-0.25, -0.2) is 0 Å². The smallest absolute Gasteiger partial charge is 0.0843 e. The van der Waals surface area contributed by atoms with Gasteiger partial charge in [0.15, 0.2) is 0 Å². The van der Waals surface area contributed by atoms with Gasteiger partial charge in [0.2, 0.25) is 0 Å². The highest BCUT2D eigenvalue weighted by atomic mass is 16.6. The lowest BCUT2D eigenvalue weighted by molar-refractivity contribution is -0.127. The van der Waals surface area contributed by atoms with Gasteiger partial charge in [0.25, 0.3) is 0 Å². The van der Waals surface area contributed by atoms with Crippen LogP contribution in [0.5, 0.6) is 0 Å². The molecule has 86 valence electrons. The molecule has 1 aliphatic heterocycles. The molecular formula is C13H22O2. The van der Waals surface area contributed by atoms with Crippen molar-refractivity contribution in [3.63, 3.8) is 0 Å². The van der Waals surface area contributed by atoms with E-state index in [1.165, 1.54) is 44.9 Å². The van der Waals surface area contributed by atoms with Crippen molar-refractivity contribution in [1.82, 2.24) is 0 Å². The van der Waals surface area contributed by atoms with Crippen LogP contribution in [-0.2, 0) is 9.47 Å². The Hall–Kier alpha value is -0.0800. The molecular weight excluding hydrogens is 188 g/mol. The Labute approximate surface area is 92.3 Å². The zero-order valence-corrected chi connectivity index (χ0v) is 9.54. The Balaban J connectivity index is 1.72. The summed E-state index contributed by atoms with van der Waals surface area (Å²) >= 11 is 0. The number of ether oxygens (including phenoxy) is 2. The molecule has 3 fully saturated rings. The quantitative estimate of drug-likeness (QED) is 0.662. The SMILES string of the molecule is C1CCC2(C1)CCCC2C1COCCO1. The Kier molecular flexibility index (Phi) is 2.73. The van der Waals surface area contributed by atoms with Crippen molar-refractivity contribution in [3.8, 4) is 0 Å². The van der Waals surface area contributed by atoms with Gasteiger partial charge in [-0.3, -0.25) is 0 Å². The third-order valence-electron chi connectivity index (χ3n) is 4.87. The first-order valence-corrected chi connectivity index (χ1v) is 6.60. The number of rotatable bonds is 1. The molecule has 15 heavy (non-hydrogen) atoms. The van der Waals surface area contributed by atoms with Crippen molar-refractivity contribution < 1.29 is 9.47 Å². The molecule has 2 unspecified atom stereocenters. The molecule has 2 heteroatoms. The maximum atomic E-state index is 5.92. The zero-order valence-electron chi connectivity index (χ0n) is 9.54. The van der Waals surface area contributed by atoms with E-state index < -0.39 is 0 Å². The second-order valence-corrected chi connectivity index (χ2v) is 5.55. The van der Waals surface area contributed by atoms with Crippen LogP contribution in [0, 0.1) is 11.3 Å². The van der Waals surface area contributed by atoms with Crippen molar-refractivity contribution in [1.29, 1.82) is 0 Å². The first-order valence-electron chi connectivity index (χ1n) is 6.60. The second-order valence-electron chi connectivity index (χ2n) is 5.55. The van der Waals surface area contributed by atoms with Gasteiger partial charge in [0.05, 0.1) is 25.9 Å². The topological polar surface area (TPSA) is 18.5 Å². The van der Waals surface area contributed by atoms with E-state index >= 15 is 0 Å². The molecule has 1 spiro atoms. The first-order chi connectivity index (χ1) is 7.41. The third kappa shape index (κ3) is 1.72. The highest BCUT2D eigenvalue weighted by molar-refractivity contribution is 4.98. The second kappa shape index (κ2) is 4.06. The van der Waals surface area contributed by atoms with E-state index in [1.54, 1.807) is 0 Å². The molecule has 3 rings (SSSR count). The van der Waals surface area contributed by atoms with Gasteiger partial charge < -0.3 is 9.47 Å². The molecule has 1 saturated heterocycles. The molecule has 2 aliphatic carbocycles. The lowest BCUT2D eigenvalue weighted by Gasteiger charge is -2.38. The number of hydrogen-bond donors (Lipinski definition) is 0. The molecule has 0 aromatic rings. The van der Waals surface area contributed by atoms with Crippen LogP contribution in [0.4, 0.5) is 0 Å². The summed E-state index contributed by atoms with van der Waals surface area (Å²) in [5.41, 5.74) is 0.658. The molecule has 1 heterocycles. The van der Waals surface area contributed by atoms with E-state index in [0.29, 0.717) is 11.5 Å². The molecule has 0 bridgehead atoms. The Bertz CT molecular complexity index is 209. The van der Waals surface area contributed by atoms with Crippen LogP contribution in [-0.4, -0.2) is 25.9 Å². The largest absolute Gasteiger partial charge is 0.376 e. The first kappa shape index (κ1) is 10.1. The maximum Gasteiger partial charge on any atom is 0.0843 e. The van der Waals surface area contributed by atoms with Crippen molar-refractivity contribution >= 4 is 0 Å². The van der Waals surface area contributed by atoms with E-state index in [2.05, 4.69) is 0 Å². The van der Waals surface area contributed by atoms with Crippen molar-refractivity contribution in [2.75, 3.05) is 19.8 Å². The predicted octanol–water partition coefficient (Wildman–Crippen LogP) is 2.76. The molecule has 2 atom stereocenters. The summed E-state index contributed by atoms with van der Waals surface area (Å²) < 4.78 is 11.5. The van der Waals surface area contributed by atoms with Crippen molar-refractivity contribution in [2.24, 2.45) is 11.3 Å². The van der Waals surface area contributed by atoms with Gasteiger partial charge in [0, 0.05) is 0 Å². The predicted molar refractivity (Wildman–Crippen MR) is 58.8 cm³/mol. The number of hydrogen-bond acceptors (Lipinski definition) is 2. The Morgan fingerprint density at radius 2 is 1.73 bits per heavy atom. The lowest BCUT2D eigenvalue weighted by atomic mass is 9.73. The summed E-state index contributed by atoms with van der Waals surface area (Å²) in [6.07, 6.45) is 10.5. The summed E-state index contributed by atoms with van der Waals surface area (Å²) in [5, 5.41) is 0. The molecule has 0 radical (unpaired) electrons. The minimum atomic E-state index is 0.416. The Morgan fingerprint density at radius 3 is 2.47 bits per heavy atom. The fraction of sp³-hybridized carbons (Fsp3) is 1.00. The average Bonchev–Trinajstić information content (AvgIpc) is 2.91. The molecule has 0 aromatic heterocycles. The van der Waals surface area contributed by atoms with Gasteiger partial charge in [0.1, 0.15) is 0 Å². The molecule has 0 amide bonds. The van der Waals surface area contributed by atoms with Gasteiger partial charge in [-0.2, -0.15) is 0 Å². The van der Waals surface area contributed by atoms with Crippen molar-refractivity contribution in [2.45, 2.75) is 51.0 Å². The zero-order chi connectivity index (χ0) is 10.1. The standard InChI is InChI=1S/C13H22O2/c1-2-6-13(5-1)7-3-4-11(13)12-10-14-8-9-15-12/h11-12H,1-10H2. The summed E-state index contributed by atoms with van der Waals surface area (Å²) in [6, 6.07) is 0. The van der Waals surface area contributed by atoms with Crippen LogP contribution in [0.3, 0.4) is 0 Å². The van der Waals surface area contributed by atoms with Crippen molar-refractivity contribution in [3.05, 3.63) is 0 Å². The third-order valence-corrected chi connectivity index (χ3v) is 4.87. The van der Waals surface area contributed by atoms with Gasteiger partial charge in [-0.1, -0.05) is 19.3 Å². The highest BCUT2D eigenvalue weighted by Crippen LogP contribution is 2.55. The highest BCUT2D eigenvalue weighted by Gasteiger charge is 2.48. The monoisotopic (exact) mass is 210 g/mol. The van der Waals surface area contributed by atoms with Crippen LogP contribution in [0.25, 0.3) is 0 Å². The fourth-order valence-electron chi connectivity index (χ4n) is 4.18. The molecule has 0 aromatic carbocycles. The van der Waals surface area contributed by atoms with E-state index in [0.717, 1.165) is 25.7 Å². The van der Waals surface area contributed by atoms with E-state index in [9.17, 15) is 0 Å². The average molecular weight is 210 g/mol. The van der Waals surface area contributed by atoms with Crippen LogP contribution >= 0.6 is 0 Å². The summed E-state index contributed by atoms with van der Waals surface area (Å²) in [5.74, 6) is 0.806. The molecule has 3 aliphatic rings. The fourth-order valence-corrected chi connectivity index (χ4v) is 4.18. The van der Waals surface area contributed by atoms with Crippen LogP contribution in [0.2, 0.25) is 0 Å².